The normalized spacial score (nSPS) is 13.2. The Balaban J connectivity index is 2.61. The fraction of sp³-hybridized carbons (Fsp3) is 0.458. The van der Waals surface area contributed by atoms with Gasteiger partial charge in [0.25, 0.3) is 0 Å². The molecule has 1 aromatic carbocycles. The van der Waals surface area contributed by atoms with Crippen LogP contribution < -0.4 is 4.74 Å². The van der Waals surface area contributed by atoms with Crippen LogP contribution in [0.4, 0.5) is 0 Å². The number of carbonyl (C=O) groups is 1. The fourth-order valence-electron chi connectivity index (χ4n) is 2.56. The van der Waals surface area contributed by atoms with E-state index >= 15 is 0 Å². The molecule has 0 aliphatic rings. The average Bonchev–Trinajstić information content (AvgIpc) is 2.61. The Kier molecular flexibility index (Phi) is 9.72. The summed E-state index contributed by atoms with van der Waals surface area (Å²) in [5.74, 6) is 0.457. The lowest BCUT2D eigenvalue weighted by Crippen LogP contribution is -2.08. The SMILES string of the molecule is C=C[C@@](C)(/C=C/c1ccc(OC(=O)CCCCC)cc1)CCC=C(C)C. The minimum absolute atomic E-state index is 0.0314. The van der Waals surface area contributed by atoms with Gasteiger partial charge in [-0.3, -0.25) is 4.79 Å². The van der Waals surface area contributed by atoms with Gasteiger partial charge < -0.3 is 4.74 Å². The molecule has 0 unspecified atom stereocenters. The summed E-state index contributed by atoms with van der Waals surface area (Å²) < 4.78 is 5.37. The van der Waals surface area contributed by atoms with Crippen molar-refractivity contribution in [2.45, 2.75) is 66.2 Å². The van der Waals surface area contributed by atoms with Crippen molar-refractivity contribution in [1.82, 2.24) is 0 Å². The summed E-state index contributed by atoms with van der Waals surface area (Å²) in [7, 11) is 0. The molecule has 0 aliphatic heterocycles. The standard InChI is InChI=1S/C24H34O2/c1-6-8-9-12-23(25)26-22-15-13-21(14-16-22)17-19-24(5,7-2)18-10-11-20(3)4/h7,11,13-17,19H,2,6,8-10,12,18H2,1,3-5H3/b19-17+/t24-/m1/s1. The van der Waals surface area contributed by atoms with Crippen LogP contribution in [-0.4, -0.2) is 5.97 Å². The van der Waals surface area contributed by atoms with Crippen molar-refractivity contribution >= 4 is 12.0 Å². The van der Waals surface area contributed by atoms with Crippen LogP contribution in [-0.2, 0) is 4.79 Å². The van der Waals surface area contributed by atoms with Crippen LogP contribution in [0.2, 0.25) is 0 Å². The molecule has 0 spiro atoms. The minimum Gasteiger partial charge on any atom is -0.427 e. The Bertz CT molecular complexity index is 618. The summed E-state index contributed by atoms with van der Waals surface area (Å²) in [5.41, 5.74) is 2.40. The van der Waals surface area contributed by atoms with Crippen LogP contribution in [0.25, 0.3) is 6.08 Å². The van der Waals surface area contributed by atoms with Gasteiger partial charge in [-0.05, 0) is 50.8 Å². The van der Waals surface area contributed by atoms with E-state index in [4.69, 9.17) is 4.74 Å². The van der Waals surface area contributed by atoms with Gasteiger partial charge in [0.2, 0.25) is 0 Å². The summed E-state index contributed by atoms with van der Waals surface area (Å²) >= 11 is 0. The molecule has 142 valence electrons. The molecule has 0 radical (unpaired) electrons. The van der Waals surface area contributed by atoms with E-state index in [9.17, 15) is 4.79 Å². The van der Waals surface area contributed by atoms with E-state index in [0.29, 0.717) is 12.2 Å². The monoisotopic (exact) mass is 354 g/mol. The largest absolute Gasteiger partial charge is 0.427 e. The minimum atomic E-state index is -0.153. The number of hydrogen-bond acceptors (Lipinski definition) is 2. The van der Waals surface area contributed by atoms with Gasteiger partial charge in [-0.1, -0.05) is 68.7 Å². The molecule has 0 saturated carbocycles. The Labute approximate surface area is 159 Å². The average molecular weight is 355 g/mol. The molecule has 1 aromatic rings. The second-order valence-corrected chi connectivity index (χ2v) is 7.36. The topological polar surface area (TPSA) is 26.3 Å². The van der Waals surface area contributed by atoms with Crippen LogP contribution in [0.15, 0.2) is 54.6 Å². The van der Waals surface area contributed by atoms with Gasteiger partial charge in [0, 0.05) is 11.8 Å². The molecule has 1 atom stereocenters. The summed E-state index contributed by atoms with van der Waals surface area (Å²) in [6.07, 6.45) is 14.2. The maximum atomic E-state index is 11.8. The van der Waals surface area contributed by atoms with E-state index in [1.54, 1.807) is 0 Å². The van der Waals surface area contributed by atoms with E-state index < -0.39 is 0 Å². The van der Waals surface area contributed by atoms with Gasteiger partial charge in [-0.15, -0.1) is 6.58 Å². The lowest BCUT2D eigenvalue weighted by Gasteiger charge is -2.20. The molecule has 1 rings (SSSR count). The molecular formula is C24H34O2. The molecule has 26 heavy (non-hydrogen) atoms. The summed E-state index contributed by atoms with van der Waals surface area (Å²) in [5, 5.41) is 0. The lowest BCUT2D eigenvalue weighted by atomic mass is 9.84. The third-order valence-corrected chi connectivity index (χ3v) is 4.45. The molecule has 0 amide bonds. The molecule has 0 fully saturated rings. The summed E-state index contributed by atoms with van der Waals surface area (Å²) in [4.78, 5) is 11.8. The lowest BCUT2D eigenvalue weighted by molar-refractivity contribution is -0.134. The zero-order valence-corrected chi connectivity index (χ0v) is 16.9. The molecule has 0 heterocycles. The van der Waals surface area contributed by atoms with Crippen molar-refractivity contribution in [3.63, 3.8) is 0 Å². The van der Waals surface area contributed by atoms with Gasteiger partial charge in [-0.25, -0.2) is 0 Å². The van der Waals surface area contributed by atoms with Crippen LogP contribution in [0, 0.1) is 5.41 Å². The fourth-order valence-corrected chi connectivity index (χ4v) is 2.56. The third kappa shape index (κ3) is 8.84. The quantitative estimate of drug-likeness (QED) is 0.183. The second kappa shape index (κ2) is 11.5. The first-order valence-corrected chi connectivity index (χ1v) is 9.65. The zero-order chi connectivity index (χ0) is 19.4. The number of ether oxygens (including phenoxy) is 1. The number of benzene rings is 1. The number of carbonyl (C=O) groups excluding carboxylic acids is 1. The number of unbranched alkanes of at least 4 members (excludes halogenated alkanes) is 2. The van der Waals surface area contributed by atoms with Crippen LogP contribution >= 0.6 is 0 Å². The predicted molar refractivity (Wildman–Crippen MR) is 112 cm³/mol. The Morgan fingerprint density at radius 2 is 1.88 bits per heavy atom. The highest BCUT2D eigenvalue weighted by Crippen LogP contribution is 2.28. The molecular weight excluding hydrogens is 320 g/mol. The van der Waals surface area contributed by atoms with Crippen molar-refractivity contribution in [2.75, 3.05) is 0 Å². The molecule has 0 saturated heterocycles. The second-order valence-electron chi connectivity index (χ2n) is 7.36. The van der Waals surface area contributed by atoms with Gasteiger partial charge >= 0.3 is 5.97 Å². The Morgan fingerprint density at radius 3 is 2.46 bits per heavy atom. The molecule has 0 bridgehead atoms. The molecule has 2 heteroatoms. The third-order valence-electron chi connectivity index (χ3n) is 4.45. The number of hydrogen-bond donors (Lipinski definition) is 0. The maximum Gasteiger partial charge on any atom is 0.311 e. The van der Waals surface area contributed by atoms with E-state index in [0.717, 1.165) is 37.7 Å². The van der Waals surface area contributed by atoms with Crippen molar-refractivity contribution in [2.24, 2.45) is 5.41 Å². The van der Waals surface area contributed by atoms with Crippen LogP contribution in [0.5, 0.6) is 5.75 Å². The number of allylic oxidation sites excluding steroid dienone is 4. The van der Waals surface area contributed by atoms with Crippen molar-refractivity contribution in [3.05, 3.63) is 60.2 Å². The first-order valence-electron chi connectivity index (χ1n) is 9.65. The zero-order valence-electron chi connectivity index (χ0n) is 16.9. The predicted octanol–water partition coefficient (Wildman–Crippen LogP) is 7.12. The summed E-state index contributed by atoms with van der Waals surface area (Å²) in [6, 6.07) is 7.66. The van der Waals surface area contributed by atoms with Crippen LogP contribution in [0.1, 0.15) is 71.8 Å². The smallest absolute Gasteiger partial charge is 0.311 e. The van der Waals surface area contributed by atoms with Crippen molar-refractivity contribution in [3.8, 4) is 5.75 Å². The molecule has 0 aromatic heterocycles. The Hall–Kier alpha value is -2.09. The highest BCUT2D eigenvalue weighted by molar-refractivity contribution is 5.72. The van der Waals surface area contributed by atoms with Crippen molar-refractivity contribution in [1.29, 1.82) is 0 Å². The van der Waals surface area contributed by atoms with Crippen molar-refractivity contribution < 1.29 is 9.53 Å². The summed E-state index contributed by atoms with van der Waals surface area (Å²) in [6.45, 7) is 12.6. The van der Waals surface area contributed by atoms with Crippen LogP contribution in [0.3, 0.4) is 0 Å². The maximum absolute atomic E-state index is 11.8. The van der Waals surface area contributed by atoms with E-state index in [1.165, 1.54) is 5.57 Å². The number of rotatable bonds is 11. The highest BCUT2D eigenvalue weighted by atomic mass is 16.5. The van der Waals surface area contributed by atoms with E-state index in [-0.39, 0.29) is 11.4 Å². The number of esters is 1. The van der Waals surface area contributed by atoms with E-state index in [1.807, 2.05) is 30.3 Å². The first-order chi connectivity index (χ1) is 12.4. The highest BCUT2D eigenvalue weighted by Gasteiger charge is 2.15. The van der Waals surface area contributed by atoms with Gasteiger partial charge in [0.15, 0.2) is 0 Å². The molecule has 2 nitrogen and oxygen atoms in total. The van der Waals surface area contributed by atoms with E-state index in [2.05, 4.69) is 52.5 Å². The Morgan fingerprint density at radius 1 is 1.19 bits per heavy atom. The van der Waals surface area contributed by atoms with Gasteiger partial charge in [0.05, 0.1) is 0 Å². The van der Waals surface area contributed by atoms with Gasteiger partial charge in [-0.2, -0.15) is 0 Å². The van der Waals surface area contributed by atoms with Gasteiger partial charge in [0.1, 0.15) is 5.75 Å². The molecule has 0 N–H and O–H groups in total. The molecule has 0 aliphatic carbocycles. The first kappa shape index (κ1) is 22.0.